The standard InChI is InChI=1S/C19H29N3O/c1-14(2)22-17-8-9-18(22)13-20-12-16-6-4-5-7-19(16)21(11-10-17)15(3)23/h4-7,14,17-18,20H,8-13H2,1-3H3/t17-,18+/m0/s1. The summed E-state index contributed by atoms with van der Waals surface area (Å²) in [6.07, 6.45) is 3.57. The summed E-state index contributed by atoms with van der Waals surface area (Å²) in [4.78, 5) is 16.9. The Balaban J connectivity index is 1.90. The molecule has 4 nitrogen and oxygen atoms in total. The summed E-state index contributed by atoms with van der Waals surface area (Å²) in [5.41, 5.74) is 2.29. The van der Waals surface area contributed by atoms with Crippen LogP contribution in [0.25, 0.3) is 0 Å². The Bertz CT molecular complexity index is 557. The minimum atomic E-state index is 0.141. The number of benzene rings is 1. The van der Waals surface area contributed by atoms with Gasteiger partial charge in [-0.3, -0.25) is 9.69 Å². The molecule has 0 saturated carbocycles. The van der Waals surface area contributed by atoms with Gasteiger partial charge in [0.25, 0.3) is 0 Å². The van der Waals surface area contributed by atoms with Gasteiger partial charge in [-0.05, 0) is 44.7 Å². The van der Waals surface area contributed by atoms with Crippen LogP contribution in [0.2, 0.25) is 0 Å². The first kappa shape index (κ1) is 16.5. The molecule has 1 aromatic carbocycles. The summed E-state index contributed by atoms with van der Waals surface area (Å²) in [6.45, 7) is 8.94. The quantitative estimate of drug-likeness (QED) is 0.865. The predicted octanol–water partition coefficient (Wildman–Crippen LogP) is 2.77. The second-order valence-electron chi connectivity index (χ2n) is 7.14. The van der Waals surface area contributed by atoms with Gasteiger partial charge in [0, 0.05) is 50.4 Å². The van der Waals surface area contributed by atoms with Crippen molar-refractivity contribution >= 4 is 11.6 Å². The minimum absolute atomic E-state index is 0.141. The van der Waals surface area contributed by atoms with Crippen molar-refractivity contribution in [1.29, 1.82) is 0 Å². The number of para-hydroxylation sites is 1. The maximum atomic E-state index is 12.2. The molecule has 0 spiro atoms. The van der Waals surface area contributed by atoms with E-state index in [1.807, 2.05) is 11.0 Å². The fourth-order valence-electron chi connectivity index (χ4n) is 4.35. The molecule has 2 atom stereocenters. The highest BCUT2D eigenvalue weighted by Crippen LogP contribution is 2.30. The highest BCUT2D eigenvalue weighted by Gasteiger charge is 2.35. The second-order valence-corrected chi connectivity index (χ2v) is 7.14. The van der Waals surface area contributed by atoms with Gasteiger partial charge in [-0.2, -0.15) is 0 Å². The molecule has 23 heavy (non-hydrogen) atoms. The van der Waals surface area contributed by atoms with E-state index >= 15 is 0 Å². The molecule has 2 bridgehead atoms. The van der Waals surface area contributed by atoms with E-state index in [0.29, 0.717) is 18.1 Å². The highest BCUT2D eigenvalue weighted by molar-refractivity contribution is 5.92. The molecule has 1 N–H and O–H groups in total. The summed E-state index contributed by atoms with van der Waals surface area (Å²) in [5.74, 6) is 0.141. The maximum Gasteiger partial charge on any atom is 0.223 e. The van der Waals surface area contributed by atoms with Crippen LogP contribution >= 0.6 is 0 Å². The van der Waals surface area contributed by atoms with Crippen LogP contribution < -0.4 is 10.2 Å². The van der Waals surface area contributed by atoms with E-state index in [0.717, 1.165) is 31.7 Å². The van der Waals surface area contributed by atoms with E-state index in [1.165, 1.54) is 18.4 Å². The van der Waals surface area contributed by atoms with Crippen molar-refractivity contribution in [3.63, 3.8) is 0 Å². The molecule has 2 aliphatic heterocycles. The van der Waals surface area contributed by atoms with Crippen molar-refractivity contribution in [1.82, 2.24) is 10.2 Å². The monoisotopic (exact) mass is 315 g/mol. The largest absolute Gasteiger partial charge is 0.312 e. The fraction of sp³-hybridized carbons (Fsp3) is 0.632. The van der Waals surface area contributed by atoms with Gasteiger partial charge in [0.15, 0.2) is 0 Å². The van der Waals surface area contributed by atoms with Gasteiger partial charge in [0.1, 0.15) is 0 Å². The van der Waals surface area contributed by atoms with Gasteiger partial charge in [0.2, 0.25) is 5.91 Å². The number of fused-ring (bicyclic) bond motifs is 3. The number of rotatable bonds is 1. The van der Waals surface area contributed by atoms with Crippen LogP contribution in [0.5, 0.6) is 0 Å². The molecule has 1 aromatic rings. The zero-order valence-corrected chi connectivity index (χ0v) is 14.6. The number of hydrogen-bond donors (Lipinski definition) is 1. The zero-order chi connectivity index (χ0) is 16.4. The molecule has 4 heteroatoms. The first-order chi connectivity index (χ1) is 11.1. The molecule has 126 valence electrons. The predicted molar refractivity (Wildman–Crippen MR) is 94.6 cm³/mol. The molecule has 0 radical (unpaired) electrons. The minimum Gasteiger partial charge on any atom is -0.312 e. The molecule has 1 fully saturated rings. The van der Waals surface area contributed by atoms with Gasteiger partial charge in [-0.15, -0.1) is 0 Å². The third-order valence-electron chi connectivity index (χ3n) is 5.32. The average molecular weight is 315 g/mol. The summed E-state index contributed by atoms with van der Waals surface area (Å²) >= 11 is 0. The second kappa shape index (κ2) is 7.02. The van der Waals surface area contributed by atoms with Crippen LogP contribution in [0.3, 0.4) is 0 Å². The molecule has 1 saturated heterocycles. The van der Waals surface area contributed by atoms with Crippen molar-refractivity contribution < 1.29 is 4.79 Å². The lowest BCUT2D eigenvalue weighted by molar-refractivity contribution is -0.116. The fourth-order valence-corrected chi connectivity index (χ4v) is 4.35. The lowest BCUT2D eigenvalue weighted by Gasteiger charge is -2.34. The molecule has 2 aliphatic rings. The Kier molecular flexibility index (Phi) is 5.02. The molecular weight excluding hydrogens is 286 g/mol. The lowest BCUT2D eigenvalue weighted by Crippen LogP contribution is -2.46. The summed E-state index contributed by atoms with van der Waals surface area (Å²) < 4.78 is 0. The van der Waals surface area contributed by atoms with Crippen LogP contribution in [-0.4, -0.2) is 42.0 Å². The summed E-state index contributed by atoms with van der Waals surface area (Å²) in [6, 6.07) is 10.1. The van der Waals surface area contributed by atoms with E-state index in [1.54, 1.807) is 6.92 Å². The van der Waals surface area contributed by atoms with Crippen molar-refractivity contribution in [2.24, 2.45) is 0 Å². The number of carbonyl (C=O) groups excluding carboxylic acids is 1. The van der Waals surface area contributed by atoms with Gasteiger partial charge < -0.3 is 10.2 Å². The van der Waals surface area contributed by atoms with E-state index in [9.17, 15) is 4.79 Å². The van der Waals surface area contributed by atoms with Gasteiger partial charge in [-0.1, -0.05) is 18.2 Å². The highest BCUT2D eigenvalue weighted by atomic mass is 16.2. The third kappa shape index (κ3) is 3.43. The molecule has 0 unspecified atom stereocenters. The molecule has 3 rings (SSSR count). The van der Waals surface area contributed by atoms with Crippen LogP contribution in [-0.2, 0) is 11.3 Å². The van der Waals surface area contributed by atoms with E-state index < -0.39 is 0 Å². The zero-order valence-electron chi connectivity index (χ0n) is 14.6. The normalized spacial score (nSPS) is 26.0. The van der Waals surface area contributed by atoms with Crippen LogP contribution in [0.4, 0.5) is 5.69 Å². The van der Waals surface area contributed by atoms with Gasteiger partial charge >= 0.3 is 0 Å². The number of carbonyl (C=O) groups is 1. The van der Waals surface area contributed by atoms with Crippen molar-refractivity contribution in [3.8, 4) is 0 Å². The van der Waals surface area contributed by atoms with Crippen LogP contribution in [0, 0.1) is 0 Å². The number of nitrogens with zero attached hydrogens (tertiary/aromatic N) is 2. The van der Waals surface area contributed by atoms with E-state index in [-0.39, 0.29) is 5.91 Å². The van der Waals surface area contributed by atoms with Crippen molar-refractivity contribution in [3.05, 3.63) is 29.8 Å². The lowest BCUT2D eigenvalue weighted by atomic mass is 10.1. The Hall–Kier alpha value is -1.39. The topological polar surface area (TPSA) is 35.6 Å². The Labute approximate surface area is 139 Å². The van der Waals surface area contributed by atoms with Crippen molar-refractivity contribution in [2.45, 2.75) is 64.7 Å². The first-order valence-corrected chi connectivity index (χ1v) is 8.92. The average Bonchev–Trinajstić information content (AvgIpc) is 2.89. The SMILES string of the molecule is CC(=O)N1CC[C@@H]2CC[C@H](CNCc3ccccc31)N2C(C)C. The third-order valence-corrected chi connectivity index (χ3v) is 5.32. The number of anilines is 1. The van der Waals surface area contributed by atoms with Crippen LogP contribution in [0.15, 0.2) is 24.3 Å². The summed E-state index contributed by atoms with van der Waals surface area (Å²) in [7, 11) is 0. The van der Waals surface area contributed by atoms with Crippen molar-refractivity contribution in [2.75, 3.05) is 18.0 Å². The Morgan fingerprint density at radius 3 is 2.65 bits per heavy atom. The van der Waals surface area contributed by atoms with Crippen LogP contribution in [0.1, 0.15) is 45.6 Å². The number of nitrogens with one attached hydrogen (secondary N) is 1. The number of hydrogen-bond acceptors (Lipinski definition) is 3. The summed E-state index contributed by atoms with van der Waals surface area (Å²) in [5, 5.41) is 3.63. The molecule has 0 aromatic heterocycles. The Morgan fingerprint density at radius 2 is 1.91 bits per heavy atom. The van der Waals surface area contributed by atoms with Gasteiger partial charge in [0.05, 0.1) is 0 Å². The Morgan fingerprint density at radius 1 is 1.17 bits per heavy atom. The van der Waals surface area contributed by atoms with E-state index in [4.69, 9.17) is 0 Å². The maximum absolute atomic E-state index is 12.2. The molecular formula is C19H29N3O. The van der Waals surface area contributed by atoms with E-state index in [2.05, 4.69) is 42.3 Å². The molecule has 1 amide bonds. The molecule has 2 heterocycles. The first-order valence-electron chi connectivity index (χ1n) is 8.92. The molecule has 0 aliphatic carbocycles. The van der Waals surface area contributed by atoms with Gasteiger partial charge in [-0.25, -0.2) is 0 Å². The number of amides is 1. The smallest absolute Gasteiger partial charge is 0.223 e.